The Balaban J connectivity index is 3.50. The van der Waals surface area contributed by atoms with Crippen molar-refractivity contribution < 1.29 is 25.2 Å². The van der Waals surface area contributed by atoms with Gasteiger partial charge in [-0.15, -0.1) is 0 Å². The zero-order valence-electron chi connectivity index (χ0n) is 5.30. The summed E-state index contributed by atoms with van der Waals surface area (Å²) in [6.07, 6.45) is -1.64. The maximum Gasteiger partial charge on any atom is 0.321 e. The molecule has 0 aromatic heterocycles. The largest absolute Gasteiger partial charge is 0.463 e. The van der Waals surface area contributed by atoms with Crippen LogP contribution in [0.4, 0.5) is 0 Å². The molecule has 0 aromatic rings. The summed E-state index contributed by atoms with van der Waals surface area (Å²) in [5.41, 5.74) is 0. The summed E-state index contributed by atoms with van der Waals surface area (Å²) in [6, 6.07) is 0. The Bertz CT molecular complexity index is 102. The molecule has 5 nitrogen and oxygen atoms in total. The lowest BCUT2D eigenvalue weighted by Gasteiger charge is -2.10. The highest BCUT2D eigenvalue weighted by Gasteiger charge is 2.15. The van der Waals surface area contributed by atoms with E-state index in [1.54, 1.807) is 0 Å². The van der Waals surface area contributed by atoms with E-state index in [2.05, 4.69) is 4.58 Å². The van der Waals surface area contributed by atoms with Crippen LogP contribution >= 0.6 is 0 Å². The molecular formula is C5H10O5. The van der Waals surface area contributed by atoms with Gasteiger partial charge in [0.05, 0.1) is 19.1 Å². The first-order valence-corrected chi connectivity index (χ1v) is 2.79. The Labute approximate surface area is 57.8 Å². The number of aliphatic hydroxyl groups is 3. The lowest BCUT2D eigenvalue weighted by atomic mass is 10.2. The second-order valence-electron chi connectivity index (χ2n) is 1.82. The molecular weight excluding hydrogens is 140 g/mol. The normalized spacial score (nSPS) is 17.5. The van der Waals surface area contributed by atoms with Crippen LogP contribution in [0.25, 0.3) is 0 Å². The number of rotatable bonds is 4. The predicted molar refractivity (Wildman–Crippen MR) is 29.8 cm³/mol. The average Bonchev–Trinajstić information content (AvgIpc) is 1.98. The second-order valence-corrected chi connectivity index (χ2v) is 1.82. The number of aldehydes is 1. The smallest absolute Gasteiger partial charge is 0.321 e. The highest BCUT2D eigenvalue weighted by atomic mass is 17.1. The molecule has 0 saturated heterocycles. The molecule has 0 amide bonds. The number of carbonyl (C=O) groups excluding carboxylic acids is 1. The summed E-state index contributed by atoms with van der Waals surface area (Å²) in [7, 11) is 0. The second kappa shape index (κ2) is 5.16. The molecule has 0 fully saturated rings. The van der Waals surface area contributed by atoms with Gasteiger partial charge >= 0.3 is 6.29 Å². The van der Waals surface area contributed by atoms with Crippen molar-refractivity contribution in [3.63, 3.8) is 0 Å². The van der Waals surface area contributed by atoms with Gasteiger partial charge in [-0.2, -0.15) is 4.58 Å². The van der Waals surface area contributed by atoms with Crippen LogP contribution in [0.1, 0.15) is 6.42 Å². The predicted octanol–water partition coefficient (Wildman–Crippen LogP) is -2.90. The molecule has 0 radical (unpaired) electrons. The Morgan fingerprint density at radius 3 is 2.40 bits per heavy atom. The van der Waals surface area contributed by atoms with Gasteiger partial charge in [0, 0.05) is 0 Å². The van der Waals surface area contributed by atoms with Crippen molar-refractivity contribution in [1.82, 2.24) is 0 Å². The fourth-order valence-electron chi connectivity index (χ4n) is 0.417. The summed E-state index contributed by atoms with van der Waals surface area (Å²) in [5, 5.41) is 35.1. The van der Waals surface area contributed by atoms with Gasteiger partial charge in [0.15, 0.2) is 0 Å². The van der Waals surface area contributed by atoms with Gasteiger partial charge in [-0.05, 0) is 0 Å². The fraction of sp³-hybridized carbons (Fsp3) is 0.800. The summed E-state index contributed by atoms with van der Waals surface area (Å²) in [5.74, 6) is 0. The molecule has 0 aliphatic rings. The van der Waals surface area contributed by atoms with Crippen LogP contribution in [0.15, 0.2) is 0 Å². The van der Waals surface area contributed by atoms with E-state index >= 15 is 0 Å². The van der Waals surface area contributed by atoms with Gasteiger partial charge in [-0.1, -0.05) is 0 Å². The van der Waals surface area contributed by atoms with Gasteiger partial charge in [-0.25, -0.2) is 0 Å². The van der Waals surface area contributed by atoms with E-state index in [-0.39, 0.29) is 6.42 Å². The van der Waals surface area contributed by atoms with Crippen molar-refractivity contribution >= 4 is 6.29 Å². The summed E-state index contributed by atoms with van der Waals surface area (Å²) < 4.78 is 3.28. The van der Waals surface area contributed by atoms with Crippen molar-refractivity contribution in [2.45, 2.75) is 18.6 Å². The monoisotopic (exact) mass is 150 g/mol. The number of aliphatic hydroxyl groups excluding tert-OH is 3. The van der Waals surface area contributed by atoms with E-state index in [1.165, 1.54) is 0 Å². The molecule has 0 spiro atoms. The Morgan fingerprint density at radius 2 is 2.00 bits per heavy atom. The molecule has 60 valence electrons. The van der Waals surface area contributed by atoms with E-state index in [0.717, 1.165) is 6.29 Å². The van der Waals surface area contributed by atoms with Crippen LogP contribution in [0.2, 0.25) is 0 Å². The van der Waals surface area contributed by atoms with Crippen LogP contribution in [-0.2, 0) is 4.58 Å². The maximum absolute atomic E-state index is 9.33. The van der Waals surface area contributed by atoms with Crippen molar-refractivity contribution in [2.75, 3.05) is 6.61 Å². The molecule has 0 bridgehead atoms. The average molecular weight is 150 g/mol. The van der Waals surface area contributed by atoms with Gasteiger partial charge in [-0.3, -0.25) is 0 Å². The lowest BCUT2D eigenvalue weighted by molar-refractivity contribution is -1.04. The van der Waals surface area contributed by atoms with E-state index in [0.29, 0.717) is 0 Å². The van der Waals surface area contributed by atoms with Crippen LogP contribution in [0, 0.1) is 0 Å². The fourth-order valence-corrected chi connectivity index (χ4v) is 0.417. The quantitative estimate of drug-likeness (QED) is 0.173. The van der Waals surface area contributed by atoms with Crippen LogP contribution < -0.4 is 5.26 Å². The van der Waals surface area contributed by atoms with E-state index < -0.39 is 18.8 Å². The molecule has 0 aliphatic heterocycles. The Kier molecular flexibility index (Phi) is 4.82. The first kappa shape index (κ1) is 9.35. The van der Waals surface area contributed by atoms with E-state index in [9.17, 15) is 5.26 Å². The summed E-state index contributed by atoms with van der Waals surface area (Å²) in [4.78, 5) is 0. The molecule has 0 aromatic carbocycles. The molecule has 0 rings (SSSR count). The van der Waals surface area contributed by atoms with E-state index in [4.69, 9.17) is 15.3 Å². The summed E-state index contributed by atoms with van der Waals surface area (Å²) in [6.45, 7) is -0.534. The zero-order valence-corrected chi connectivity index (χ0v) is 5.30. The molecule has 10 heavy (non-hydrogen) atoms. The zero-order chi connectivity index (χ0) is 7.98. The number of hydrogen-bond donors (Lipinski definition) is 3. The molecule has 0 unspecified atom stereocenters. The highest BCUT2D eigenvalue weighted by Crippen LogP contribution is 1.94. The minimum absolute atomic E-state index is 0.0920. The third kappa shape index (κ3) is 3.39. The van der Waals surface area contributed by atoms with Crippen molar-refractivity contribution in [3.8, 4) is 0 Å². The Morgan fingerprint density at radius 1 is 1.40 bits per heavy atom. The maximum atomic E-state index is 9.33. The van der Waals surface area contributed by atoms with Crippen LogP contribution in [0.3, 0.4) is 0 Å². The third-order valence-corrected chi connectivity index (χ3v) is 1.04. The van der Waals surface area contributed by atoms with E-state index in [1.807, 2.05) is 0 Å². The molecule has 0 heterocycles. The molecule has 5 heteroatoms. The minimum atomic E-state index is -1.22. The van der Waals surface area contributed by atoms with Gasteiger partial charge in [0.1, 0.15) is 6.10 Å². The standard InChI is InChI=1S/C5H10O5/c6-3-5(8)4(7)1-2-10-9/h2,4-8H,1,3H2/t4-,5+/m0/s1. The first-order chi connectivity index (χ1) is 4.72. The SMILES string of the molecule is [O-][O+]=CC[C@H](O)[C@H](O)CO. The third-order valence-electron chi connectivity index (χ3n) is 1.04. The number of hydrogen-bond acceptors (Lipinski definition) is 4. The van der Waals surface area contributed by atoms with Crippen LogP contribution in [-0.4, -0.2) is 40.4 Å². The van der Waals surface area contributed by atoms with Gasteiger partial charge < -0.3 is 20.6 Å². The highest BCUT2D eigenvalue weighted by molar-refractivity contribution is 5.50. The minimum Gasteiger partial charge on any atom is -0.463 e. The molecule has 0 aliphatic carbocycles. The van der Waals surface area contributed by atoms with Gasteiger partial charge in [0.2, 0.25) is 0 Å². The van der Waals surface area contributed by atoms with Crippen LogP contribution in [0.5, 0.6) is 0 Å². The lowest BCUT2D eigenvalue weighted by Crippen LogP contribution is -2.29. The topological polar surface area (TPSA) is 95.1 Å². The Hall–Kier alpha value is -0.650. The van der Waals surface area contributed by atoms with Gasteiger partial charge in [0.25, 0.3) is 0 Å². The molecule has 2 atom stereocenters. The summed E-state index contributed by atoms with van der Waals surface area (Å²) >= 11 is 0. The molecule has 3 N–H and O–H groups in total. The van der Waals surface area contributed by atoms with Crippen molar-refractivity contribution in [3.05, 3.63) is 0 Å². The first-order valence-electron chi connectivity index (χ1n) is 2.79. The molecule has 0 saturated carbocycles. The van der Waals surface area contributed by atoms with Crippen molar-refractivity contribution in [1.29, 1.82) is 0 Å². The van der Waals surface area contributed by atoms with Crippen molar-refractivity contribution in [2.24, 2.45) is 0 Å².